The van der Waals surface area contributed by atoms with Crippen LogP contribution >= 0.6 is 0 Å². The third-order valence-electron chi connectivity index (χ3n) is 5.38. The van der Waals surface area contributed by atoms with Gasteiger partial charge in [-0.3, -0.25) is 14.7 Å². The lowest BCUT2D eigenvalue weighted by atomic mass is 10.2. The van der Waals surface area contributed by atoms with Crippen LogP contribution in [0.1, 0.15) is 28.9 Å². The number of aryl methyl sites for hydroxylation is 1. The van der Waals surface area contributed by atoms with Gasteiger partial charge >= 0.3 is 0 Å². The van der Waals surface area contributed by atoms with Crippen LogP contribution in [-0.2, 0) is 14.8 Å². The zero-order valence-corrected chi connectivity index (χ0v) is 17.5. The van der Waals surface area contributed by atoms with Crippen molar-refractivity contribution in [1.82, 2.24) is 19.1 Å². The van der Waals surface area contributed by atoms with Crippen LogP contribution in [0.5, 0.6) is 0 Å². The number of carbonyl (C=O) groups excluding carboxylic acids is 1. The molecule has 0 radical (unpaired) electrons. The smallest absolute Gasteiger partial charge is 0.254 e. The summed E-state index contributed by atoms with van der Waals surface area (Å²) in [6, 6.07) is 3.32. The number of amides is 1. The maximum Gasteiger partial charge on any atom is 0.254 e. The summed E-state index contributed by atoms with van der Waals surface area (Å²) in [7, 11) is -3.33. The summed E-state index contributed by atoms with van der Waals surface area (Å²) in [6.45, 7) is 7.48. The van der Waals surface area contributed by atoms with Crippen LogP contribution in [0.15, 0.2) is 18.3 Å². The van der Waals surface area contributed by atoms with Gasteiger partial charge in [-0.05, 0) is 38.4 Å². The predicted octanol–water partition coefficient (Wildman–Crippen LogP) is 0.588. The fourth-order valence-electron chi connectivity index (χ4n) is 3.92. The molecule has 28 heavy (non-hydrogen) atoms. The van der Waals surface area contributed by atoms with E-state index in [0.717, 1.165) is 45.0 Å². The first-order valence-electron chi connectivity index (χ1n) is 9.83. The molecule has 3 rings (SSSR count). The van der Waals surface area contributed by atoms with E-state index in [0.29, 0.717) is 31.6 Å². The molecule has 2 aliphatic rings. The Kier molecular flexibility index (Phi) is 7.03. The van der Waals surface area contributed by atoms with Crippen molar-refractivity contribution in [3.05, 3.63) is 29.6 Å². The first-order valence-corrected chi connectivity index (χ1v) is 11.7. The van der Waals surface area contributed by atoms with E-state index in [1.165, 1.54) is 6.26 Å². The van der Waals surface area contributed by atoms with Crippen LogP contribution in [0, 0.1) is 6.92 Å². The van der Waals surface area contributed by atoms with Gasteiger partial charge in [0, 0.05) is 56.2 Å². The normalized spacial score (nSPS) is 21.4. The first-order chi connectivity index (χ1) is 13.3. The van der Waals surface area contributed by atoms with Gasteiger partial charge in [-0.15, -0.1) is 0 Å². The molecular formula is C19H30N4O4S. The van der Waals surface area contributed by atoms with E-state index in [2.05, 4.69) is 9.88 Å². The van der Waals surface area contributed by atoms with Crippen molar-refractivity contribution in [3.8, 4) is 0 Å². The maximum atomic E-state index is 12.7. The summed E-state index contributed by atoms with van der Waals surface area (Å²) < 4.78 is 31.7. The average Bonchev–Trinajstić information content (AvgIpc) is 3.14. The Labute approximate surface area is 167 Å². The third kappa shape index (κ3) is 5.50. The molecule has 0 bridgehead atoms. The molecule has 1 aromatic heterocycles. The molecule has 8 nitrogen and oxygen atoms in total. The Morgan fingerprint density at radius 1 is 1.32 bits per heavy atom. The van der Waals surface area contributed by atoms with Crippen molar-refractivity contribution in [2.24, 2.45) is 0 Å². The number of carbonyl (C=O) groups is 1. The summed E-state index contributed by atoms with van der Waals surface area (Å²) in [5.74, 6) is -0.0604. The van der Waals surface area contributed by atoms with E-state index in [9.17, 15) is 13.2 Å². The highest BCUT2D eigenvalue weighted by Gasteiger charge is 2.34. The third-order valence-corrected chi connectivity index (χ3v) is 6.72. The van der Waals surface area contributed by atoms with Gasteiger partial charge in [0.25, 0.3) is 5.91 Å². The number of morpholine rings is 1. The van der Waals surface area contributed by atoms with Crippen molar-refractivity contribution in [2.45, 2.75) is 25.8 Å². The second kappa shape index (κ2) is 9.30. The molecule has 9 heteroatoms. The lowest BCUT2D eigenvalue weighted by Gasteiger charge is -2.30. The highest BCUT2D eigenvalue weighted by Crippen LogP contribution is 2.21. The van der Waals surface area contributed by atoms with Gasteiger partial charge in [-0.2, -0.15) is 4.31 Å². The molecule has 1 atom stereocenters. The Hall–Kier alpha value is -1.55. The van der Waals surface area contributed by atoms with Crippen LogP contribution in [0.2, 0.25) is 0 Å². The van der Waals surface area contributed by atoms with Gasteiger partial charge in [0.2, 0.25) is 10.0 Å². The molecule has 1 aromatic rings. The Morgan fingerprint density at radius 2 is 2.07 bits per heavy atom. The van der Waals surface area contributed by atoms with E-state index in [1.807, 2.05) is 6.92 Å². The highest BCUT2D eigenvalue weighted by molar-refractivity contribution is 7.88. The molecule has 2 saturated heterocycles. The van der Waals surface area contributed by atoms with Crippen LogP contribution in [0.4, 0.5) is 0 Å². The Bertz CT molecular complexity index is 780. The number of likely N-dealkylation sites (tertiary alicyclic amines) is 1. The van der Waals surface area contributed by atoms with Crippen LogP contribution in [0.25, 0.3) is 0 Å². The van der Waals surface area contributed by atoms with Crippen molar-refractivity contribution in [2.75, 3.05) is 58.7 Å². The molecular weight excluding hydrogens is 380 g/mol. The number of aromatic nitrogens is 1. The summed E-state index contributed by atoms with van der Waals surface area (Å²) in [6.07, 6.45) is 4.34. The number of nitrogens with zero attached hydrogens (tertiary/aromatic N) is 4. The standard InChI is InChI=1S/C19H30N4O4S/c1-16-14-17(4-6-20-16)19(24)22-9-5-18(15-22)23(28(2,25)26)8-3-7-21-10-12-27-13-11-21/h4,6,14,18H,3,5,7-13,15H2,1-2H3. The van der Waals surface area contributed by atoms with Crippen molar-refractivity contribution < 1.29 is 17.9 Å². The first kappa shape index (κ1) is 21.2. The van der Waals surface area contributed by atoms with E-state index in [4.69, 9.17) is 4.74 Å². The van der Waals surface area contributed by atoms with Gasteiger partial charge < -0.3 is 9.64 Å². The predicted molar refractivity (Wildman–Crippen MR) is 107 cm³/mol. The SMILES string of the molecule is Cc1cc(C(=O)N2CCC(N(CCCN3CCOCC3)S(C)(=O)=O)C2)ccn1. The number of pyridine rings is 1. The molecule has 0 saturated carbocycles. The zero-order valence-electron chi connectivity index (χ0n) is 16.7. The fourth-order valence-corrected chi connectivity index (χ4v) is 5.09. The molecule has 0 N–H and O–H groups in total. The highest BCUT2D eigenvalue weighted by atomic mass is 32.2. The van der Waals surface area contributed by atoms with E-state index in [1.54, 1.807) is 27.5 Å². The Morgan fingerprint density at radius 3 is 2.75 bits per heavy atom. The monoisotopic (exact) mass is 410 g/mol. The molecule has 2 aliphatic heterocycles. The van der Waals surface area contributed by atoms with Gasteiger partial charge in [0.1, 0.15) is 0 Å². The van der Waals surface area contributed by atoms with Gasteiger partial charge in [0.15, 0.2) is 0 Å². The summed E-state index contributed by atoms with van der Waals surface area (Å²) >= 11 is 0. The van der Waals surface area contributed by atoms with Gasteiger partial charge in [0.05, 0.1) is 19.5 Å². The lowest BCUT2D eigenvalue weighted by molar-refractivity contribution is 0.0366. The van der Waals surface area contributed by atoms with Crippen LogP contribution in [-0.4, -0.2) is 98.2 Å². The number of hydrogen-bond acceptors (Lipinski definition) is 6. The molecule has 0 aliphatic carbocycles. The summed E-state index contributed by atoms with van der Waals surface area (Å²) in [4.78, 5) is 20.9. The maximum absolute atomic E-state index is 12.7. The summed E-state index contributed by atoms with van der Waals surface area (Å²) in [5.41, 5.74) is 1.40. The minimum Gasteiger partial charge on any atom is -0.379 e. The fraction of sp³-hybridized carbons (Fsp3) is 0.684. The molecule has 0 spiro atoms. The van der Waals surface area contributed by atoms with E-state index >= 15 is 0 Å². The van der Waals surface area contributed by atoms with E-state index < -0.39 is 10.0 Å². The number of ether oxygens (including phenoxy) is 1. The average molecular weight is 411 g/mol. The Balaban J connectivity index is 1.58. The molecule has 156 valence electrons. The molecule has 3 heterocycles. The van der Waals surface area contributed by atoms with Crippen LogP contribution in [0.3, 0.4) is 0 Å². The van der Waals surface area contributed by atoms with Crippen molar-refractivity contribution in [3.63, 3.8) is 0 Å². The molecule has 1 unspecified atom stereocenters. The largest absolute Gasteiger partial charge is 0.379 e. The van der Waals surface area contributed by atoms with Gasteiger partial charge in [-0.1, -0.05) is 0 Å². The molecule has 0 aromatic carbocycles. The number of hydrogen-bond donors (Lipinski definition) is 0. The minimum absolute atomic E-state index is 0.0604. The zero-order chi connectivity index (χ0) is 20.1. The quantitative estimate of drug-likeness (QED) is 0.654. The summed E-state index contributed by atoms with van der Waals surface area (Å²) in [5, 5.41) is 0. The lowest BCUT2D eigenvalue weighted by Crippen LogP contribution is -2.44. The second-order valence-corrected chi connectivity index (χ2v) is 9.50. The number of rotatable bonds is 7. The molecule has 2 fully saturated rings. The second-order valence-electron chi connectivity index (χ2n) is 7.56. The number of sulfonamides is 1. The van der Waals surface area contributed by atoms with Crippen molar-refractivity contribution >= 4 is 15.9 Å². The van der Waals surface area contributed by atoms with E-state index in [-0.39, 0.29) is 11.9 Å². The topological polar surface area (TPSA) is 83.1 Å². The van der Waals surface area contributed by atoms with Crippen molar-refractivity contribution in [1.29, 1.82) is 0 Å². The van der Waals surface area contributed by atoms with Crippen LogP contribution < -0.4 is 0 Å². The molecule has 1 amide bonds. The van der Waals surface area contributed by atoms with Gasteiger partial charge in [-0.25, -0.2) is 8.42 Å². The minimum atomic E-state index is -3.33.